The maximum absolute atomic E-state index is 11.6. The van der Waals surface area contributed by atoms with Crippen LogP contribution in [0.25, 0.3) is 0 Å². The van der Waals surface area contributed by atoms with Gasteiger partial charge in [0, 0.05) is 22.7 Å². The fraction of sp³-hybridized carbons (Fsp3) is 0.462. The number of rotatable bonds is 3. The lowest BCUT2D eigenvalue weighted by atomic mass is 9.75. The van der Waals surface area contributed by atoms with Crippen LogP contribution in [0.15, 0.2) is 22.7 Å². The maximum atomic E-state index is 11.6. The van der Waals surface area contributed by atoms with Crippen molar-refractivity contribution in [3.8, 4) is 0 Å². The van der Waals surface area contributed by atoms with Crippen molar-refractivity contribution < 1.29 is 14.6 Å². The van der Waals surface area contributed by atoms with Gasteiger partial charge in [-0.25, -0.2) is 0 Å². The van der Waals surface area contributed by atoms with E-state index in [9.17, 15) is 9.90 Å². The molecule has 2 rings (SSSR count). The second-order valence-corrected chi connectivity index (χ2v) is 5.93. The normalized spacial score (nSPS) is 18.6. The molecule has 0 atom stereocenters. The number of hydrogen-bond acceptors (Lipinski definition) is 2. The van der Waals surface area contributed by atoms with E-state index in [1.54, 1.807) is 6.07 Å². The molecule has 0 amide bonds. The van der Waals surface area contributed by atoms with Crippen molar-refractivity contribution in [2.45, 2.75) is 19.3 Å². The molecule has 1 aliphatic heterocycles. The van der Waals surface area contributed by atoms with Crippen LogP contribution in [-0.2, 0) is 16.0 Å². The molecule has 1 aromatic carbocycles. The van der Waals surface area contributed by atoms with Gasteiger partial charge < -0.3 is 9.84 Å². The van der Waals surface area contributed by atoms with Gasteiger partial charge in [-0.2, -0.15) is 0 Å². The van der Waals surface area contributed by atoms with E-state index in [0.717, 1.165) is 10.0 Å². The third-order valence-corrected chi connectivity index (χ3v) is 4.29. The summed E-state index contributed by atoms with van der Waals surface area (Å²) in [6, 6.07) is 5.56. The van der Waals surface area contributed by atoms with E-state index in [4.69, 9.17) is 16.3 Å². The Labute approximate surface area is 119 Å². The SMILES string of the molecule is O=C(O)C1(Cc2ccc(Br)cc2Cl)CCOCC1. The molecular weight excluding hydrogens is 319 g/mol. The minimum Gasteiger partial charge on any atom is -0.481 e. The Bertz CT molecular complexity index is 456. The van der Waals surface area contributed by atoms with Gasteiger partial charge in [0.1, 0.15) is 0 Å². The summed E-state index contributed by atoms with van der Waals surface area (Å²) in [5.41, 5.74) is 0.139. The molecule has 0 bridgehead atoms. The average Bonchev–Trinajstić information content (AvgIpc) is 2.34. The van der Waals surface area contributed by atoms with E-state index in [2.05, 4.69) is 15.9 Å². The minimum atomic E-state index is -0.759. The second kappa shape index (κ2) is 5.59. The number of carboxylic acid groups (broad SMARTS) is 1. The topological polar surface area (TPSA) is 46.5 Å². The third-order valence-electron chi connectivity index (χ3n) is 3.45. The van der Waals surface area contributed by atoms with Crippen LogP contribution in [0.3, 0.4) is 0 Å². The highest BCUT2D eigenvalue weighted by molar-refractivity contribution is 9.10. The van der Waals surface area contributed by atoms with Crippen LogP contribution in [0, 0.1) is 5.41 Å². The van der Waals surface area contributed by atoms with Crippen molar-refractivity contribution in [2.24, 2.45) is 5.41 Å². The quantitative estimate of drug-likeness (QED) is 0.920. The summed E-state index contributed by atoms with van der Waals surface area (Å²) in [7, 11) is 0. The van der Waals surface area contributed by atoms with Crippen molar-refractivity contribution in [1.29, 1.82) is 0 Å². The summed E-state index contributed by atoms with van der Waals surface area (Å²) in [5.74, 6) is -0.759. The van der Waals surface area contributed by atoms with Gasteiger partial charge in [-0.3, -0.25) is 4.79 Å². The molecule has 18 heavy (non-hydrogen) atoms. The lowest BCUT2D eigenvalue weighted by Crippen LogP contribution is -2.39. The van der Waals surface area contributed by atoms with Gasteiger partial charge in [0.05, 0.1) is 5.41 Å². The Hall–Kier alpha value is -0.580. The molecule has 1 heterocycles. The molecule has 0 aromatic heterocycles. The van der Waals surface area contributed by atoms with Crippen molar-refractivity contribution in [3.05, 3.63) is 33.3 Å². The van der Waals surface area contributed by atoms with Crippen molar-refractivity contribution in [2.75, 3.05) is 13.2 Å². The minimum absolute atomic E-state index is 0.456. The molecule has 0 spiro atoms. The number of carbonyl (C=O) groups is 1. The molecule has 1 N–H and O–H groups in total. The summed E-state index contributed by atoms with van der Waals surface area (Å²) in [6.07, 6.45) is 1.53. The first-order valence-electron chi connectivity index (χ1n) is 5.79. The smallest absolute Gasteiger partial charge is 0.310 e. The zero-order valence-electron chi connectivity index (χ0n) is 9.79. The first-order valence-corrected chi connectivity index (χ1v) is 6.96. The van der Waals surface area contributed by atoms with Crippen molar-refractivity contribution >= 4 is 33.5 Å². The van der Waals surface area contributed by atoms with E-state index in [-0.39, 0.29) is 0 Å². The molecule has 1 aromatic rings. The summed E-state index contributed by atoms with van der Waals surface area (Å²) in [4.78, 5) is 11.6. The van der Waals surface area contributed by atoms with Gasteiger partial charge in [0.15, 0.2) is 0 Å². The Morgan fingerprint density at radius 3 is 2.67 bits per heavy atom. The second-order valence-electron chi connectivity index (χ2n) is 4.61. The zero-order valence-corrected chi connectivity index (χ0v) is 12.1. The number of benzene rings is 1. The molecule has 1 aliphatic rings. The van der Waals surface area contributed by atoms with Crippen LogP contribution < -0.4 is 0 Å². The van der Waals surface area contributed by atoms with E-state index in [1.807, 2.05) is 12.1 Å². The van der Waals surface area contributed by atoms with E-state index in [0.29, 0.717) is 37.5 Å². The number of ether oxygens (including phenoxy) is 1. The molecule has 0 aliphatic carbocycles. The van der Waals surface area contributed by atoms with Crippen LogP contribution in [0.4, 0.5) is 0 Å². The standard InChI is InChI=1S/C13H14BrClO3/c14-10-2-1-9(11(15)7-10)8-13(12(16)17)3-5-18-6-4-13/h1-2,7H,3-6,8H2,(H,16,17). The lowest BCUT2D eigenvalue weighted by Gasteiger charge is -2.33. The van der Waals surface area contributed by atoms with Gasteiger partial charge >= 0.3 is 5.97 Å². The van der Waals surface area contributed by atoms with Gasteiger partial charge in [0.25, 0.3) is 0 Å². The molecule has 5 heteroatoms. The van der Waals surface area contributed by atoms with Crippen LogP contribution in [0.2, 0.25) is 5.02 Å². The van der Waals surface area contributed by atoms with Gasteiger partial charge in [-0.1, -0.05) is 33.6 Å². The highest BCUT2D eigenvalue weighted by atomic mass is 79.9. The first kappa shape index (κ1) is 13.8. The summed E-state index contributed by atoms with van der Waals surface area (Å²) in [6.45, 7) is 1.00. The Balaban J connectivity index is 2.26. The van der Waals surface area contributed by atoms with Gasteiger partial charge in [-0.05, 0) is 37.0 Å². The van der Waals surface area contributed by atoms with Crippen LogP contribution in [0.5, 0.6) is 0 Å². The summed E-state index contributed by atoms with van der Waals surface area (Å²) in [5, 5.41) is 10.1. The van der Waals surface area contributed by atoms with Crippen molar-refractivity contribution in [1.82, 2.24) is 0 Å². The highest BCUT2D eigenvalue weighted by Crippen LogP contribution is 2.37. The van der Waals surface area contributed by atoms with E-state index in [1.165, 1.54) is 0 Å². The molecule has 0 unspecified atom stereocenters. The fourth-order valence-corrected chi connectivity index (χ4v) is 3.00. The van der Waals surface area contributed by atoms with Gasteiger partial charge in [0.2, 0.25) is 0 Å². The predicted molar refractivity (Wildman–Crippen MR) is 73.0 cm³/mol. The molecule has 3 nitrogen and oxygen atoms in total. The van der Waals surface area contributed by atoms with E-state index < -0.39 is 11.4 Å². The van der Waals surface area contributed by atoms with Crippen molar-refractivity contribution in [3.63, 3.8) is 0 Å². The fourth-order valence-electron chi connectivity index (χ4n) is 2.26. The Kier molecular flexibility index (Phi) is 4.30. The van der Waals surface area contributed by atoms with Crippen LogP contribution in [-0.4, -0.2) is 24.3 Å². The molecule has 1 saturated heterocycles. The first-order chi connectivity index (χ1) is 8.53. The average molecular weight is 334 g/mol. The molecule has 0 radical (unpaired) electrons. The lowest BCUT2D eigenvalue weighted by molar-refractivity contribution is -0.154. The van der Waals surface area contributed by atoms with E-state index >= 15 is 0 Å². The molecular formula is C13H14BrClO3. The highest BCUT2D eigenvalue weighted by Gasteiger charge is 2.40. The summed E-state index contributed by atoms with van der Waals surface area (Å²) < 4.78 is 6.15. The zero-order chi connectivity index (χ0) is 13.2. The number of aliphatic carboxylic acids is 1. The van der Waals surface area contributed by atoms with Crippen LogP contribution in [0.1, 0.15) is 18.4 Å². The van der Waals surface area contributed by atoms with Crippen LogP contribution >= 0.6 is 27.5 Å². The predicted octanol–water partition coefficient (Wildman–Crippen LogP) is 3.53. The Morgan fingerprint density at radius 1 is 1.44 bits per heavy atom. The number of carboxylic acids is 1. The number of hydrogen-bond donors (Lipinski definition) is 1. The molecule has 0 saturated carbocycles. The molecule has 98 valence electrons. The number of halogens is 2. The largest absolute Gasteiger partial charge is 0.481 e. The maximum Gasteiger partial charge on any atom is 0.310 e. The Morgan fingerprint density at radius 2 is 2.11 bits per heavy atom. The van der Waals surface area contributed by atoms with Gasteiger partial charge in [-0.15, -0.1) is 0 Å². The monoisotopic (exact) mass is 332 g/mol. The summed E-state index contributed by atoms with van der Waals surface area (Å²) >= 11 is 9.50. The third kappa shape index (κ3) is 2.87. The molecule has 1 fully saturated rings.